The predicted molar refractivity (Wildman–Crippen MR) is 116 cm³/mol. The van der Waals surface area contributed by atoms with Gasteiger partial charge in [0, 0.05) is 31.4 Å². The van der Waals surface area contributed by atoms with Gasteiger partial charge < -0.3 is 4.90 Å². The zero-order valence-electron chi connectivity index (χ0n) is 18.5. The number of nitrogens with zero attached hydrogens (tertiary/aromatic N) is 1. The molecule has 0 saturated carbocycles. The Labute approximate surface area is 194 Å². The Hall–Kier alpha value is -3.49. The number of imide groups is 1. The van der Waals surface area contributed by atoms with Crippen LogP contribution in [0, 0.1) is 6.92 Å². The first kappa shape index (κ1) is 23.7. The highest BCUT2D eigenvalue weighted by molar-refractivity contribution is 6.05. The molecule has 1 atom stereocenters. The van der Waals surface area contributed by atoms with Gasteiger partial charge in [-0.25, -0.2) is 0 Å². The Morgan fingerprint density at radius 2 is 1.82 bits per heavy atom. The van der Waals surface area contributed by atoms with Gasteiger partial charge in [-0.05, 0) is 54.2 Å². The lowest BCUT2D eigenvalue weighted by Crippen LogP contribution is -2.52. The fourth-order valence-electron chi connectivity index (χ4n) is 4.47. The van der Waals surface area contributed by atoms with Crippen LogP contribution in [0.2, 0.25) is 0 Å². The van der Waals surface area contributed by atoms with Gasteiger partial charge in [0.05, 0.1) is 5.56 Å². The van der Waals surface area contributed by atoms with Crippen molar-refractivity contribution in [3.8, 4) is 0 Å². The van der Waals surface area contributed by atoms with Gasteiger partial charge in [0.15, 0.2) is 0 Å². The number of carbonyl (C=O) groups is 4. The summed E-state index contributed by atoms with van der Waals surface area (Å²) in [6, 6.07) is 8.46. The molecule has 2 aliphatic rings. The van der Waals surface area contributed by atoms with Gasteiger partial charge in [-0.1, -0.05) is 24.3 Å². The van der Waals surface area contributed by atoms with Crippen molar-refractivity contribution in [2.45, 2.75) is 57.8 Å². The van der Waals surface area contributed by atoms with Crippen LogP contribution in [0.1, 0.15) is 57.4 Å². The van der Waals surface area contributed by atoms with Gasteiger partial charge in [-0.2, -0.15) is 13.2 Å². The molecule has 1 fully saturated rings. The molecule has 34 heavy (non-hydrogen) atoms. The van der Waals surface area contributed by atoms with Gasteiger partial charge in [-0.3, -0.25) is 24.5 Å². The molecule has 4 rings (SSSR count). The van der Waals surface area contributed by atoms with E-state index in [1.165, 1.54) is 24.0 Å². The zero-order chi connectivity index (χ0) is 24.6. The highest BCUT2D eigenvalue weighted by atomic mass is 19.4. The molecular formula is C25H23F3N2O4. The lowest BCUT2D eigenvalue weighted by Gasteiger charge is -2.29. The molecule has 0 aliphatic carbocycles. The van der Waals surface area contributed by atoms with Crippen LogP contribution in [0.5, 0.6) is 0 Å². The van der Waals surface area contributed by atoms with Crippen molar-refractivity contribution in [1.82, 2.24) is 10.2 Å². The van der Waals surface area contributed by atoms with Crippen molar-refractivity contribution in [3.63, 3.8) is 0 Å². The van der Waals surface area contributed by atoms with E-state index < -0.39 is 23.7 Å². The lowest BCUT2D eigenvalue weighted by atomic mass is 9.97. The van der Waals surface area contributed by atoms with Crippen molar-refractivity contribution in [2.75, 3.05) is 0 Å². The van der Waals surface area contributed by atoms with Crippen LogP contribution in [0.15, 0.2) is 36.4 Å². The minimum Gasteiger partial charge on any atom is -0.322 e. The third-order valence-corrected chi connectivity index (χ3v) is 6.29. The molecule has 1 unspecified atom stereocenters. The van der Waals surface area contributed by atoms with E-state index in [0.29, 0.717) is 17.5 Å². The molecule has 0 bridgehead atoms. The van der Waals surface area contributed by atoms with E-state index in [4.69, 9.17) is 0 Å². The Bertz CT molecular complexity index is 1190. The van der Waals surface area contributed by atoms with Gasteiger partial charge in [0.2, 0.25) is 11.8 Å². The second kappa shape index (κ2) is 9.04. The van der Waals surface area contributed by atoms with Crippen molar-refractivity contribution < 1.29 is 32.3 Å². The summed E-state index contributed by atoms with van der Waals surface area (Å²) in [5, 5.41) is 2.26. The second-order valence-corrected chi connectivity index (χ2v) is 8.75. The topological polar surface area (TPSA) is 83.6 Å². The number of piperidine rings is 1. The molecule has 0 spiro atoms. The normalized spacial score (nSPS) is 18.2. The third kappa shape index (κ3) is 4.88. The van der Waals surface area contributed by atoms with Crippen molar-refractivity contribution in [2.24, 2.45) is 0 Å². The summed E-state index contributed by atoms with van der Waals surface area (Å²) in [6.45, 7) is 1.63. The number of amides is 3. The number of hydrogen-bond donors (Lipinski definition) is 1. The van der Waals surface area contributed by atoms with E-state index in [-0.39, 0.29) is 55.4 Å². The van der Waals surface area contributed by atoms with Crippen LogP contribution in [0.3, 0.4) is 0 Å². The highest BCUT2D eigenvalue weighted by Crippen LogP contribution is 2.32. The predicted octanol–water partition coefficient (Wildman–Crippen LogP) is 3.52. The maximum Gasteiger partial charge on any atom is 0.416 e. The lowest BCUT2D eigenvalue weighted by molar-refractivity contribution is -0.138. The van der Waals surface area contributed by atoms with E-state index in [2.05, 4.69) is 5.32 Å². The molecule has 2 aromatic carbocycles. The number of nitrogens with one attached hydrogen (secondary N) is 1. The van der Waals surface area contributed by atoms with Crippen LogP contribution < -0.4 is 5.32 Å². The fourth-order valence-corrected chi connectivity index (χ4v) is 4.47. The van der Waals surface area contributed by atoms with E-state index in [1.807, 2.05) is 6.07 Å². The molecule has 2 heterocycles. The minimum absolute atomic E-state index is 0.0872. The molecule has 1 N–H and O–H groups in total. The number of aryl methyl sites for hydroxylation is 2. The summed E-state index contributed by atoms with van der Waals surface area (Å²) in [4.78, 5) is 50.2. The molecule has 2 aliphatic heterocycles. The molecular weight excluding hydrogens is 449 g/mol. The van der Waals surface area contributed by atoms with E-state index >= 15 is 0 Å². The average Bonchev–Trinajstić information content (AvgIpc) is 3.08. The summed E-state index contributed by atoms with van der Waals surface area (Å²) < 4.78 is 39.3. The van der Waals surface area contributed by atoms with E-state index in [0.717, 1.165) is 17.2 Å². The molecule has 1 saturated heterocycles. The smallest absolute Gasteiger partial charge is 0.322 e. The summed E-state index contributed by atoms with van der Waals surface area (Å²) >= 11 is 0. The fraction of sp³-hybridized carbons (Fsp3) is 0.360. The monoisotopic (exact) mass is 472 g/mol. The van der Waals surface area contributed by atoms with E-state index in [9.17, 15) is 32.3 Å². The van der Waals surface area contributed by atoms with Crippen LogP contribution >= 0.6 is 0 Å². The van der Waals surface area contributed by atoms with Crippen LogP contribution in [0.25, 0.3) is 0 Å². The Kier molecular flexibility index (Phi) is 6.29. The Morgan fingerprint density at radius 1 is 1.09 bits per heavy atom. The Balaban J connectivity index is 1.38. The van der Waals surface area contributed by atoms with Crippen molar-refractivity contribution in [1.29, 1.82) is 0 Å². The first-order valence-electron chi connectivity index (χ1n) is 11.0. The molecule has 0 radical (unpaired) electrons. The number of carbonyl (C=O) groups excluding carboxylic acids is 4. The number of Topliss-reactive ketones (excluding diaryl/α,β-unsaturated/α-hetero) is 1. The minimum atomic E-state index is -4.47. The van der Waals surface area contributed by atoms with Crippen LogP contribution in [0.4, 0.5) is 13.2 Å². The molecule has 6 nitrogen and oxygen atoms in total. The summed E-state index contributed by atoms with van der Waals surface area (Å²) in [7, 11) is 0. The summed E-state index contributed by atoms with van der Waals surface area (Å²) in [6.07, 6.45) is -3.56. The van der Waals surface area contributed by atoms with Gasteiger partial charge in [-0.15, -0.1) is 0 Å². The summed E-state index contributed by atoms with van der Waals surface area (Å²) in [5.41, 5.74) is 1.75. The SMILES string of the molecule is Cc1ccc(CC(=O)CCc2ccc3c(c2)CN(C2CCC(=O)NC2=O)C3=O)cc1C(F)(F)F. The van der Waals surface area contributed by atoms with Crippen molar-refractivity contribution >= 4 is 23.5 Å². The van der Waals surface area contributed by atoms with Gasteiger partial charge in [0.1, 0.15) is 11.8 Å². The number of alkyl halides is 3. The molecule has 178 valence electrons. The quantitative estimate of drug-likeness (QED) is 0.653. The zero-order valence-corrected chi connectivity index (χ0v) is 18.5. The summed E-state index contributed by atoms with van der Waals surface area (Å²) in [5.74, 6) is -1.28. The standard InChI is InChI=1S/C25H23F3N2O4/c1-14-2-3-16(12-20(14)25(26,27)28)11-18(31)6-4-15-5-7-19-17(10-15)13-30(24(19)34)21-8-9-22(32)29-23(21)33/h2-3,5,7,10,12,21H,4,6,8-9,11,13H2,1H3,(H,29,32,33). The van der Waals surface area contributed by atoms with Crippen molar-refractivity contribution in [3.05, 3.63) is 69.8 Å². The number of fused-ring (bicyclic) bond motifs is 1. The van der Waals surface area contributed by atoms with Crippen LogP contribution in [-0.4, -0.2) is 34.4 Å². The number of hydrogen-bond acceptors (Lipinski definition) is 4. The largest absolute Gasteiger partial charge is 0.416 e. The third-order valence-electron chi connectivity index (χ3n) is 6.29. The maximum atomic E-state index is 13.1. The Morgan fingerprint density at radius 3 is 2.53 bits per heavy atom. The van der Waals surface area contributed by atoms with Gasteiger partial charge >= 0.3 is 6.18 Å². The number of rotatable bonds is 6. The second-order valence-electron chi connectivity index (χ2n) is 8.75. The molecule has 3 amide bonds. The number of ketones is 1. The van der Waals surface area contributed by atoms with E-state index in [1.54, 1.807) is 12.1 Å². The van der Waals surface area contributed by atoms with Gasteiger partial charge in [0.25, 0.3) is 5.91 Å². The highest BCUT2D eigenvalue weighted by Gasteiger charge is 2.39. The molecule has 0 aromatic heterocycles. The number of halogens is 3. The molecule has 2 aromatic rings. The molecule has 9 heteroatoms. The first-order valence-corrected chi connectivity index (χ1v) is 11.0. The maximum absolute atomic E-state index is 13.1. The average molecular weight is 472 g/mol. The van der Waals surface area contributed by atoms with Crippen LogP contribution in [-0.2, 0) is 39.9 Å². The number of benzene rings is 2. The first-order chi connectivity index (χ1) is 16.0.